The number of hydrogen-bond acceptors (Lipinski definition) is 2. The predicted molar refractivity (Wildman–Crippen MR) is 72.6 cm³/mol. The van der Waals surface area contributed by atoms with Gasteiger partial charge in [0, 0.05) is 24.0 Å². The molecule has 0 fully saturated rings. The maximum Gasteiger partial charge on any atom is 0.302 e. The van der Waals surface area contributed by atoms with Crippen LogP contribution in [0.2, 0.25) is 0 Å². The SMILES string of the molecule is CCC(CCOC(C)=O)c1c[nH]c2ccccc12. The van der Waals surface area contributed by atoms with Crippen molar-refractivity contribution in [2.24, 2.45) is 0 Å². The van der Waals surface area contributed by atoms with Crippen LogP contribution in [-0.2, 0) is 9.53 Å². The summed E-state index contributed by atoms with van der Waals surface area (Å²) in [5, 5.41) is 1.27. The zero-order valence-corrected chi connectivity index (χ0v) is 10.9. The fourth-order valence-corrected chi connectivity index (χ4v) is 2.36. The van der Waals surface area contributed by atoms with E-state index in [4.69, 9.17) is 4.74 Å². The quantitative estimate of drug-likeness (QED) is 0.817. The first-order valence-corrected chi connectivity index (χ1v) is 6.41. The van der Waals surface area contributed by atoms with Gasteiger partial charge in [-0.25, -0.2) is 0 Å². The van der Waals surface area contributed by atoms with E-state index in [0.29, 0.717) is 12.5 Å². The monoisotopic (exact) mass is 245 g/mol. The molecule has 2 aromatic rings. The zero-order chi connectivity index (χ0) is 13.0. The van der Waals surface area contributed by atoms with Gasteiger partial charge in [-0.2, -0.15) is 0 Å². The van der Waals surface area contributed by atoms with Crippen LogP contribution in [0.3, 0.4) is 0 Å². The van der Waals surface area contributed by atoms with E-state index in [9.17, 15) is 4.79 Å². The molecule has 0 saturated carbocycles. The molecule has 0 aliphatic heterocycles. The van der Waals surface area contributed by atoms with E-state index in [2.05, 4.69) is 36.3 Å². The van der Waals surface area contributed by atoms with Gasteiger partial charge in [0.1, 0.15) is 0 Å². The number of rotatable bonds is 5. The molecule has 0 spiro atoms. The third kappa shape index (κ3) is 2.73. The molecular formula is C15H19NO2. The summed E-state index contributed by atoms with van der Waals surface area (Å²) in [6, 6.07) is 8.30. The van der Waals surface area contributed by atoms with Crippen molar-refractivity contribution in [3.63, 3.8) is 0 Å². The molecule has 1 aromatic carbocycles. The van der Waals surface area contributed by atoms with Crippen molar-refractivity contribution in [2.45, 2.75) is 32.6 Å². The standard InChI is InChI=1S/C15H19NO2/c1-3-12(8-9-18-11(2)17)14-10-16-15-7-5-4-6-13(14)15/h4-7,10,12,16H,3,8-9H2,1-2H3. The molecule has 0 aliphatic rings. The van der Waals surface area contributed by atoms with Crippen LogP contribution >= 0.6 is 0 Å². The summed E-state index contributed by atoms with van der Waals surface area (Å²) in [5.74, 6) is 0.226. The highest BCUT2D eigenvalue weighted by Crippen LogP contribution is 2.30. The molecule has 18 heavy (non-hydrogen) atoms. The summed E-state index contributed by atoms with van der Waals surface area (Å²) >= 11 is 0. The van der Waals surface area contributed by atoms with Crippen LogP contribution in [0.4, 0.5) is 0 Å². The molecule has 0 aliphatic carbocycles. The van der Waals surface area contributed by atoms with Crippen molar-refractivity contribution in [1.82, 2.24) is 4.98 Å². The fraction of sp³-hybridized carbons (Fsp3) is 0.400. The number of aromatic nitrogens is 1. The second kappa shape index (κ2) is 5.71. The Kier molecular flexibility index (Phi) is 4.03. The highest BCUT2D eigenvalue weighted by molar-refractivity contribution is 5.83. The van der Waals surface area contributed by atoms with Gasteiger partial charge in [0.15, 0.2) is 0 Å². The molecule has 96 valence electrons. The molecule has 0 amide bonds. The smallest absolute Gasteiger partial charge is 0.302 e. The summed E-state index contributed by atoms with van der Waals surface area (Å²) in [6.07, 6.45) is 3.99. The van der Waals surface area contributed by atoms with Gasteiger partial charge in [-0.15, -0.1) is 0 Å². The maximum absolute atomic E-state index is 10.8. The summed E-state index contributed by atoms with van der Waals surface area (Å²) in [5.41, 5.74) is 2.48. The number of hydrogen-bond donors (Lipinski definition) is 1. The van der Waals surface area contributed by atoms with Crippen molar-refractivity contribution in [3.05, 3.63) is 36.0 Å². The van der Waals surface area contributed by atoms with Crippen LogP contribution in [0.1, 0.15) is 38.2 Å². The first kappa shape index (κ1) is 12.7. The summed E-state index contributed by atoms with van der Waals surface area (Å²) in [4.78, 5) is 14.1. The maximum atomic E-state index is 10.8. The molecule has 3 heteroatoms. The van der Waals surface area contributed by atoms with Crippen LogP contribution < -0.4 is 0 Å². The molecular weight excluding hydrogens is 226 g/mol. The lowest BCUT2D eigenvalue weighted by molar-refractivity contribution is -0.141. The molecule has 1 aromatic heterocycles. The number of H-pyrrole nitrogens is 1. The van der Waals surface area contributed by atoms with E-state index < -0.39 is 0 Å². The summed E-state index contributed by atoms with van der Waals surface area (Å²) < 4.78 is 5.04. The van der Waals surface area contributed by atoms with Crippen molar-refractivity contribution in [2.75, 3.05) is 6.61 Å². The first-order chi connectivity index (χ1) is 8.72. The largest absolute Gasteiger partial charge is 0.466 e. The highest BCUT2D eigenvalue weighted by atomic mass is 16.5. The minimum Gasteiger partial charge on any atom is -0.466 e. The third-order valence-corrected chi connectivity index (χ3v) is 3.33. The molecule has 0 radical (unpaired) electrons. The fourth-order valence-electron chi connectivity index (χ4n) is 2.36. The number of carbonyl (C=O) groups is 1. The molecule has 3 nitrogen and oxygen atoms in total. The topological polar surface area (TPSA) is 42.1 Å². The normalized spacial score (nSPS) is 12.6. The zero-order valence-electron chi connectivity index (χ0n) is 10.9. The lowest BCUT2D eigenvalue weighted by Crippen LogP contribution is -2.06. The number of aromatic amines is 1. The van der Waals surface area contributed by atoms with E-state index in [-0.39, 0.29) is 5.97 Å². The van der Waals surface area contributed by atoms with Gasteiger partial charge < -0.3 is 9.72 Å². The number of esters is 1. The summed E-state index contributed by atoms with van der Waals surface area (Å²) in [7, 11) is 0. The number of fused-ring (bicyclic) bond motifs is 1. The van der Waals surface area contributed by atoms with Gasteiger partial charge in [0.2, 0.25) is 0 Å². The molecule has 1 atom stereocenters. The van der Waals surface area contributed by atoms with E-state index >= 15 is 0 Å². The molecule has 2 rings (SSSR count). The number of para-hydroxylation sites is 1. The van der Waals surface area contributed by atoms with Gasteiger partial charge >= 0.3 is 5.97 Å². The van der Waals surface area contributed by atoms with Crippen LogP contribution in [-0.4, -0.2) is 17.6 Å². The number of ether oxygens (including phenoxy) is 1. The molecule has 0 saturated heterocycles. The number of nitrogens with one attached hydrogen (secondary N) is 1. The van der Waals surface area contributed by atoms with Crippen molar-refractivity contribution >= 4 is 16.9 Å². The van der Waals surface area contributed by atoms with Crippen molar-refractivity contribution < 1.29 is 9.53 Å². The minimum atomic E-state index is -0.205. The van der Waals surface area contributed by atoms with E-state index in [1.807, 2.05) is 6.07 Å². The van der Waals surface area contributed by atoms with Gasteiger partial charge in [0.25, 0.3) is 0 Å². The Labute approximate surface area is 107 Å². The summed E-state index contributed by atoms with van der Waals surface area (Å²) in [6.45, 7) is 4.11. The Morgan fingerprint density at radius 1 is 1.39 bits per heavy atom. The molecule has 1 unspecified atom stereocenters. The van der Waals surface area contributed by atoms with Crippen molar-refractivity contribution in [3.8, 4) is 0 Å². The second-order valence-corrected chi connectivity index (χ2v) is 4.52. The minimum absolute atomic E-state index is 0.205. The van der Waals surface area contributed by atoms with Crippen LogP contribution in [0.25, 0.3) is 10.9 Å². The lowest BCUT2D eigenvalue weighted by Gasteiger charge is -2.14. The highest BCUT2D eigenvalue weighted by Gasteiger charge is 2.14. The Morgan fingerprint density at radius 2 is 2.17 bits per heavy atom. The molecule has 0 bridgehead atoms. The average molecular weight is 245 g/mol. The lowest BCUT2D eigenvalue weighted by atomic mass is 9.93. The Hall–Kier alpha value is -1.77. The Balaban J connectivity index is 2.14. The van der Waals surface area contributed by atoms with E-state index in [1.54, 1.807) is 0 Å². The molecule has 1 heterocycles. The van der Waals surface area contributed by atoms with E-state index in [1.165, 1.54) is 23.4 Å². The van der Waals surface area contributed by atoms with Gasteiger partial charge in [-0.05, 0) is 30.4 Å². The van der Waals surface area contributed by atoms with Crippen LogP contribution in [0, 0.1) is 0 Å². The van der Waals surface area contributed by atoms with E-state index in [0.717, 1.165) is 12.8 Å². The average Bonchev–Trinajstić information content (AvgIpc) is 2.78. The number of carbonyl (C=O) groups excluding carboxylic acids is 1. The second-order valence-electron chi connectivity index (χ2n) is 4.52. The molecule has 1 N–H and O–H groups in total. The Bertz CT molecular complexity index is 530. The van der Waals surface area contributed by atoms with Crippen LogP contribution in [0.15, 0.2) is 30.5 Å². The first-order valence-electron chi connectivity index (χ1n) is 6.41. The van der Waals surface area contributed by atoms with Gasteiger partial charge in [0.05, 0.1) is 6.61 Å². The third-order valence-electron chi connectivity index (χ3n) is 3.33. The van der Waals surface area contributed by atoms with Crippen LogP contribution in [0.5, 0.6) is 0 Å². The number of benzene rings is 1. The van der Waals surface area contributed by atoms with Gasteiger partial charge in [-0.3, -0.25) is 4.79 Å². The van der Waals surface area contributed by atoms with Gasteiger partial charge in [-0.1, -0.05) is 25.1 Å². The predicted octanol–water partition coefficient (Wildman–Crippen LogP) is 3.61. The van der Waals surface area contributed by atoms with Crippen molar-refractivity contribution in [1.29, 1.82) is 0 Å². The Morgan fingerprint density at radius 3 is 2.89 bits per heavy atom.